The first-order valence-electron chi connectivity index (χ1n) is 7.43. The second-order valence-corrected chi connectivity index (χ2v) is 6.60. The van der Waals surface area contributed by atoms with Gasteiger partial charge in [0.25, 0.3) is 0 Å². The maximum absolute atomic E-state index is 12.6. The molecule has 120 valence electrons. The zero-order valence-electron chi connectivity index (χ0n) is 12.9. The number of fused-ring (bicyclic) bond motifs is 1. The Kier molecular flexibility index (Phi) is 4.19. The predicted octanol–water partition coefficient (Wildman–Crippen LogP) is 2.29. The van der Waals surface area contributed by atoms with E-state index in [1.807, 2.05) is 24.8 Å². The van der Waals surface area contributed by atoms with Crippen LogP contribution in [0.1, 0.15) is 19.4 Å². The lowest BCUT2D eigenvalue weighted by Crippen LogP contribution is -2.55. The van der Waals surface area contributed by atoms with Crippen molar-refractivity contribution >= 4 is 17.5 Å². The summed E-state index contributed by atoms with van der Waals surface area (Å²) in [5.74, 6) is 1.25. The lowest BCUT2D eigenvalue weighted by molar-refractivity contribution is -0.145. The van der Waals surface area contributed by atoms with Gasteiger partial charge in [0.2, 0.25) is 5.91 Å². The quantitative estimate of drug-likeness (QED) is 0.837. The van der Waals surface area contributed by atoms with Crippen LogP contribution in [0.15, 0.2) is 12.1 Å². The van der Waals surface area contributed by atoms with Gasteiger partial charge in [-0.25, -0.2) is 0 Å². The van der Waals surface area contributed by atoms with E-state index in [1.165, 1.54) is 0 Å². The van der Waals surface area contributed by atoms with Crippen molar-refractivity contribution < 1.29 is 19.0 Å². The van der Waals surface area contributed by atoms with E-state index in [4.69, 9.17) is 25.8 Å². The number of hydrogen-bond acceptors (Lipinski definition) is 4. The lowest BCUT2D eigenvalue weighted by atomic mass is 10.0. The van der Waals surface area contributed by atoms with E-state index in [-0.39, 0.29) is 11.4 Å². The summed E-state index contributed by atoms with van der Waals surface area (Å²) in [7, 11) is 0. The lowest BCUT2D eigenvalue weighted by Gasteiger charge is -2.42. The van der Waals surface area contributed by atoms with Crippen molar-refractivity contribution in [3.05, 3.63) is 22.7 Å². The van der Waals surface area contributed by atoms with Crippen molar-refractivity contribution in [1.82, 2.24) is 4.90 Å². The monoisotopic (exact) mass is 325 g/mol. The normalized spacial score (nSPS) is 19.9. The fraction of sp³-hybridized carbons (Fsp3) is 0.562. The molecule has 1 aromatic rings. The average Bonchev–Trinajstić information content (AvgIpc) is 2.46. The molecule has 1 amide bonds. The zero-order chi connectivity index (χ0) is 15.7. The molecule has 6 heteroatoms. The third-order valence-corrected chi connectivity index (χ3v) is 4.24. The zero-order valence-corrected chi connectivity index (χ0v) is 13.6. The predicted molar refractivity (Wildman–Crippen MR) is 82.8 cm³/mol. The Bertz CT molecular complexity index is 588. The Morgan fingerprint density at radius 2 is 2.05 bits per heavy atom. The van der Waals surface area contributed by atoms with Gasteiger partial charge < -0.3 is 19.1 Å². The molecule has 0 radical (unpaired) electrons. The third-order valence-electron chi connectivity index (χ3n) is 3.96. The van der Waals surface area contributed by atoms with Gasteiger partial charge in [0.05, 0.1) is 30.2 Å². The fourth-order valence-electron chi connectivity index (χ4n) is 2.86. The van der Waals surface area contributed by atoms with Crippen LogP contribution in [0.2, 0.25) is 5.02 Å². The van der Waals surface area contributed by atoms with Crippen molar-refractivity contribution in [1.29, 1.82) is 0 Å². The molecule has 0 aliphatic carbocycles. The molecule has 1 aromatic carbocycles. The number of nitrogens with zero attached hydrogens (tertiary/aromatic N) is 1. The van der Waals surface area contributed by atoms with Crippen LogP contribution in [0.5, 0.6) is 11.5 Å². The number of halogens is 1. The highest BCUT2D eigenvalue weighted by molar-refractivity contribution is 6.32. The maximum atomic E-state index is 12.6. The summed E-state index contributed by atoms with van der Waals surface area (Å²) in [4.78, 5) is 14.5. The number of rotatable bonds is 2. The van der Waals surface area contributed by atoms with Gasteiger partial charge in [0.1, 0.15) is 13.2 Å². The molecule has 3 rings (SSSR count). The molecule has 5 nitrogen and oxygen atoms in total. The molecule has 0 aromatic heterocycles. The molecule has 0 spiro atoms. The van der Waals surface area contributed by atoms with Crippen LogP contribution in [0.4, 0.5) is 0 Å². The second-order valence-electron chi connectivity index (χ2n) is 6.19. The molecule has 0 bridgehead atoms. The molecule has 2 aliphatic rings. The van der Waals surface area contributed by atoms with E-state index in [9.17, 15) is 4.79 Å². The molecule has 0 unspecified atom stereocenters. The number of amides is 1. The van der Waals surface area contributed by atoms with Gasteiger partial charge >= 0.3 is 0 Å². The van der Waals surface area contributed by atoms with Crippen LogP contribution in [0.3, 0.4) is 0 Å². The van der Waals surface area contributed by atoms with Gasteiger partial charge in [0, 0.05) is 6.54 Å². The molecule has 0 N–H and O–H groups in total. The Morgan fingerprint density at radius 3 is 2.82 bits per heavy atom. The molecule has 0 saturated carbocycles. The minimum atomic E-state index is -0.285. The average molecular weight is 326 g/mol. The highest BCUT2D eigenvalue weighted by atomic mass is 35.5. The molecule has 2 heterocycles. The minimum absolute atomic E-state index is 0.0704. The van der Waals surface area contributed by atoms with Crippen LogP contribution in [-0.4, -0.2) is 49.3 Å². The van der Waals surface area contributed by atoms with Crippen LogP contribution < -0.4 is 9.47 Å². The van der Waals surface area contributed by atoms with E-state index in [0.29, 0.717) is 55.9 Å². The van der Waals surface area contributed by atoms with Crippen molar-refractivity contribution in [3.8, 4) is 11.5 Å². The topological polar surface area (TPSA) is 48.0 Å². The summed E-state index contributed by atoms with van der Waals surface area (Å²) in [5.41, 5.74) is 0.550. The first-order valence-corrected chi connectivity index (χ1v) is 7.81. The second kappa shape index (κ2) is 5.97. The van der Waals surface area contributed by atoms with Crippen LogP contribution >= 0.6 is 11.6 Å². The summed E-state index contributed by atoms with van der Waals surface area (Å²) in [6, 6.07) is 3.62. The highest BCUT2D eigenvalue weighted by Crippen LogP contribution is 2.38. The summed E-state index contributed by atoms with van der Waals surface area (Å²) in [6.45, 7) is 6.77. The van der Waals surface area contributed by atoms with E-state index in [1.54, 1.807) is 6.07 Å². The number of hydrogen-bond donors (Lipinski definition) is 0. The van der Waals surface area contributed by atoms with Gasteiger partial charge in [0.15, 0.2) is 11.5 Å². The van der Waals surface area contributed by atoms with E-state index in [2.05, 4.69) is 0 Å². The summed E-state index contributed by atoms with van der Waals surface area (Å²) in [5, 5.41) is 0.487. The summed E-state index contributed by atoms with van der Waals surface area (Å²) >= 11 is 6.22. The number of carbonyl (C=O) groups excluding carboxylic acids is 1. The van der Waals surface area contributed by atoms with Crippen LogP contribution in [0.25, 0.3) is 0 Å². The number of carbonyl (C=O) groups is 1. The van der Waals surface area contributed by atoms with Crippen molar-refractivity contribution in [2.75, 3.05) is 33.0 Å². The molecular formula is C16H20ClNO4. The highest BCUT2D eigenvalue weighted by Gasteiger charge is 2.34. The molecule has 22 heavy (non-hydrogen) atoms. The largest absolute Gasteiger partial charge is 0.486 e. The van der Waals surface area contributed by atoms with Crippen molar-refractivity contribution in [2.45, 2.75) is 25.8 Å². The molecule has 1 fully saturated rings. The first-order chi connectivity index (χ1) is 10.5. The summed E-state index contributed by atoms with van der Waals surface area (Å²) < 4.78 is 16.5. The smallest absolute Gasteiger partial charge is 0.227 e. The van der Waals surface area contributed by atoms with Gasteiger partial charge in [-0.1, -0.05) is 11.6 Å². The number of ether oxygens (including phenoxy) is 3. The third kappa shape index (κ3) is 3.01. The van der Waals surface area contributed by atoms with E-state index < -0.39 is 0 Å². The van der Waals surface area contributed by atoms with Crippen molar-refractivity contribution in [2.24, 2.45) is 0 Å². The minimum Gasteiger partial charge on any atom is -0.486 e. The van der Waals surface area contributed by atoms with E-state index >= 15 is 0 Å². The summed E-state index contributed by atoms with van der Waals surface area (Å²) in [6.07, 6.45) is 0.291. The van der Waals surface area contributed by atoms with Gasteiger partial charge in [-0.3, -0.25) is 4.79 Å². The van der Waals surface area contributed by atoms with Crippen molar-refractivity contribution in [3.63, 3.8) is 0 Å². The first kappa shape index (κ1) is 15.4. The standard InChI is InChI=1S/C16H20ClNO4/c1-16(2)10-20-4-3-18(16)14(19)9-11-7-12(17)15-13(8-11)21-5-6-22-15/h7-8H,3-6,9-10H2,1-2H3. The fourth-order valence-corrected chi connectivity index (χ4v) is 3.14. The Balaban J connectivity index is 1.78. The molecule has 0 atom stereocenters. The Labute approximate surface area is 135 Å². The van der Waals surface area contributed by atoms with E-state index in [0.717, 1.165) is 5.56 Å². The van der Waals surface area contributed by atoms with Crippen LogP contribution in [0, 0.1) is 0 Å². The van der Waals surface area contributed by atoms with Gasteiger partial charge in [-0.05, 0) is 31.5 Å². The van der Waals surface area contributed by atoms with Crippen LogP contribution in [-0.2, 0) is 16.0 Å². The number of benzene rings is 1. The Hall–Kier alpha value is -1.46. The molecule has 2 aliphatic heterocycles. The van der Waals surface area contributed by atoms with Gasteiger partial charge in [-0.2, -0.15) is 0 Å². The Morgan fingerprint density at radius 1 is 1.27 bits per heavy atom. The molecule has 1 saturated heterocycles. The maximum Gasteiger partial charge on any atom is 0.227 e. The number of morpholine rings is 1. The molecular weight excluding hydrogens is 306 g/mol. The SMILES string of the molecule is CC1(C)COCCN1C(=O)Cc1cc(Cl)c2c(c1)OCCO2. The van der Waals surface area contributed by atoms with Gasteiger partial charge in [-0.15, -0.1) is 0 Å².